The van der Waals surface area contributed by atoms with Gasteiger partial charge in [0.1, 0.15) is 11.2 Å². The van der Waals surface area contributed by atoms with Gasteiger partial charge in [-0.25, -0.2) is 0 Å². The number of benzene rings is 11. The van der Waals surface area contributed by atoms with Crippen molar-refractivity contribution in [3.8, 4) is 22.3 Å². The van der Waals surface area contributed by atoms with E-state index < -0.39 is 5.41 Å². The summed E-state index contributed by atoms with van der Waals surface area (Å²) in [6.07, 6.45) is 0. The number of anilines is 3. The molecular formula is C61H39NO. The smallest absolute Gasteiger partial charge is 0.145 e. The molecule has 294 valence electrons. The van der Waals surface area contributed by atoms with E-state index in [2.05, 4.69) is 241 Å². The third-order valence-corrected chi connectivity index (χ3v) is 13.5. The summed E-state index contributed by atoms with van der Waals surface area (Å²) in [6, 6.07) is 86.6. The monoisotopic (exact) mass is 801 g/mol. The molecule has 0 atom stereocenters. The standard InChI is InChI=1S/C61H39NO/c1-3-17-45(18-4-1)61(46-19-5-2-6-20-46)53-24-11-9-23-52(53)59-54(61)25-14-27-56(59)62(55-26-13-16-42-33-38-51-50-22-10-12-28-57(50)63-60(51)58(42)55)47-35-31-40(32-36-47)43-34-37-49-44(39-43)30-29-41-15-7-8-21-48(41)49/h1-39H. The first kappa shape index (κ1) is 35.5. The molecule has 11 aromatic carbocycles. The summed E-state index contributed by atoms with van der Waals surface area (Å²) < 4.78 is 6.84. The van der Waals surface area contributed by atoms with Gasteiger partial charge in [0.25, 0.3) is 0 Å². The predicted molar refractivity (Wildman–Crippen MR) is 264 cm³/mol. The van der Waals surface area contributed by atoms with Crippen molar-refractivity contribution >= 4 is 71.3 Å². The maximum atomic E-state index is 6.84. The molecule has 63 heavy (non-hydrogen) atoms. The minimum atomic E-state index is -0.536. The average molecular weight is 802 g/mol. The van der Waals surface area contributed by atoms with Gasteiger partial charge in [0.15, 0.2) is 0 Å². The van der Waals surface area contributed by atoms with E-state index in [1.165, 1.54) is 66.1 Å². The Hall–Kier alpha value is -8.20. The van der Waals surface area contributed by atoms with Crippen LogP contribution < -0.4 is 4.90 Å². The van der Waals surface area contributed by atoms with Crippen molar-refractivity contribution in [1.82, 2.24) is 0 Å². The van der Waals surface area contributed by atoms with E-state index in [1.807, 2.05) is 0 Å². The highest BCUT2D eigenvalue weighted by atomic mass is 16.3. The first-order chi connectivity index (χ1) is 31.3. The second-order valence-electron chi connectivity index (χ2n) is 16.7. The molecule has 0 radical (unpaired) electrons. The van der Waals surface area contributed by atoms with Crippen LogP contribution in [-0.2, 0) is 5.41 Å². The van der Waals surface area contributed by atoms with Gasteiger partial charge in [-0.3, -0.25) is 0 Å². The number of para-hydroxylation sites is 1. The Labute approximate surface area is 365 Å². The van der Waals surface area contributed by atoms with E-state index in [4.69, 9.17) is 4.42 Å². The van der Waals surface area contributed by atoms with Crippen molar-refractivity contribution in [2.75, 3.05) is 4.90 Å². The van der Waals surface area contributed by atoms with Crippen molar-refractivity contribution in [2.45, 2.75) is 5.41 Å². The van der Waals surface area contributed by atoms with E-state index in [0.29, 0.717) is 0 Å². The van der Waals surface area contributed by atoms with Gasteiger partial charge in [-0.05, 0) is 108 Å². The molecule has 13 rings (SSSR count). The molecule has 12 aromatic rings. The number of hydrogen-bond donors (Lipinski definition) is 0. The summed E-state index contributed by atoms with van der Waals surface area (Å²) in [6.45, 7) is 0. The largest absolute Gasteiger partial charge is 0.455 e. The summed E-state index contributed by atoms with van der Waals surface area (Å²) in [4.78, 5) is 2.48. The Morgan fingerprint density at radius 3 is 1.78 bits per heavy atom. The van der Waals surface area contributed by atoms with Gasteiger partial charge in [0.05, 0.1) is 16.8 Å². The fourth-order valence-electron chi connectivity index (χ4n) is 10.8. The lowest BCUT2D eigenvalue weighted by molar-refractivity contribution is 0.672. The van der Waals surface area contributed by atoms with Crippen LogP contribution in [0.4, 0.5) is 17.1 Å². The van der Waals surface area contributed by atoms with Crippen molar-refractivity contribution in [3.63, 3.8) is 0 Å². The zero-order valence-corrected chi connectivity index (χ0v) is 34.4. The lowest BCUT2D eigenvalue weighted by Gasteiger charge is -2.34. The van der Waals surface area contributed by atoms with Gasteiger partial charge >= 0.3 is 0 Å². The number of rotatable bonds is 6. The van der Waals surface area contributed by atoms with Crippen LogP contribution in [0.25, 0.3) is 76.5 Å². The topological polar surface area (TPSA) is 16.4 Å². The van der Waals surface area contributed by atoms with E-state index >= 15 is 0 Å². The Morgan fingerprint density at radius 1 is 0.365 bits per heavy atom. The van der Waals surface area contributed by atoms with Gasteiger partial charge in [0, 0.05) is 27.4 Å². The van der Waals surface area contributed by atoms with Crippen LogP contribution in [0.2, 0.25) is 0 Å². The highest BCUT2D eigenvalue weighted by Gasteiger charge is 2.47. The van der Waals surface area contributed by atoms with Crippen LogP contribution in [0.5, 0.6) is 0 Å². The molecule has 0 saturated heterocycles. The summed E-state index contributed by atoms with van der Waals surface area (Å²) in [5.41, 5.74) is 14.3. The van der Waals surface area contributed by atoms with Gasteiger partial charge < -0.3 is 9.32 Å². The number of furan rings is 1. The zero-order chi connectivity index (χ0) is 41.5. The first-order valence-corrected chi connectivity index (χ1v) is 21.8. The predicted octanol–water partition coefficient (Wildman–Crippen LogP) is 16.5. The Balaban J connectivity index is 1.08. The molecule has 0 saturated carbocycles. The summed E-state index contributed by atoms with van der Waals surface area (Å²) in [5.74, 6) is 0. The third-order valence-electron chi connectivity index (χ3n) is 13.5. The lowest BCUT2D eigenvalue weighted by atomic mass is 9.68. The first-order valence-electron chi connectivity index (χ1n) is 21.8. The molecule has 0 fully saturated rings. The van der Waals surface area contributed by atoms with Crippen LogP contribution in [-0.4, -0.2) is 0 Å². The molecule has 1 aliphatic carbocycles. The van der Waals surface area contributed by atoms with E-state index in [-0.39, 0.29) is 0 Å². The van der Waals surface area contributed by atoms with E-state index in [0.717, 1.165) is 49.8 Å². The molecule has 1 heterocycles. The summed E-state index contributed by atoms with van der Waals surface area (Å²) in [7, 11) is 0. The van der Waals surface area contributed by atoms with Crippen LogP contribution in [0, 0.1) is 0 Å². The molecular weight excluding hydrogens is 763 g/mol. The van der Waals surface area contributed by atoms with Gasteiger partial charge in [-0.1, -0.05) is 194 Å². The fourth-order valence-corrected chi connectivity index (χ4v) is 10.8. The van der Waals surface area contributed by atoms with E-state index in [1.54, 1.807) is 0 Å². The zero-order valence-electron chi connectivity index (χ0n) is 34.4. The quantitative estimate of drug-likeness (QED) is 0.156. The van der Waals surface area contributed by atoms with Crippen LogP contribution in [0.15, 0.2) is 241 Å². The second kappa shape index (κ2) is 13.9. The fraction of sp³-hybridized carbons (Fsp3) is 0.0164. The van der Waals surface area contributed by atoms with Crippen molar-refractivity contribution in [2.24, 2.45) is 0 Å². The molecule has 0 amide bonds. The molecule has 1 aliphatic rings. The highest BCUT2D eigenvalue weighted by Crippen LogP contribution is 2.60. The maximum Gasteiger partial charge on any atom is 0.145 e. The molecule has 2 nitrogen and oxygen atoms in total. The minimum absolute atomic E-state index is 0.536. The molecule has 2 heteroatoms. The Kier molecular flexibility index (Phi) is 7.85. The van der Waals surface area contributed by atoms with Gasteiger partial charge in [-0.2, -0.15) is 0 Å². The van der Waals surface area contributed by atoms with Crippen molar-refractivity contribution in [1.29, 1.82) is 0 Å². The maximum absolute atomic E-state index is 6.84. The SMILES string of the molecule is c1ccc(C2(c3ccccc3)c3ccccc3-c3c(N(c4ccc(-c5ccc6c(ccc7ccccc76)c5)cc4)c4cccc5ccc6c7ccccc7oc6c45)cccc32)cc1. The van der Waals surface area contributed by atoms with Crippen LogP contribution in [0.1, 0.15) is 22.3 Å². The molecule has 0 aliphatic heterocycles. The lowest BCUT2D eigenvalue weighted by Crippen LogP contribution is -2.28. The molecule has 0 spiro atoms. The molecule has 0 bridgehead atoms. The average Bonchev–Trinajstić information content (AvgIpc) is 3.89. The number of fused-ring (bicyclic) bond motifs is 11. The van der Waals surface area contributed by atoms with Crippen molar-refractivity contribution in [3.05, 3.63) is 259 Å². The van der Waals surface area contributed by atoms with Crippen molar-refractivity contribution < 1.29 is 4.42 Å². The van der Waals surface area contributed by atoms with Crippen LogP contribution >= 0.6 is 0 Å². The second-order valence-corrected chi connectivity index (χ2v) is 16.7. The van der Waals surface area contributed by atoms with Crippen LogP contribution in [0.3, 0.4) is 0 Å². The molecule has 0 N–H and O–H groups in total. The normalized spacial score (nSPS) is 12.9. The number of hydrogen-bond acceptors (Lipinski definition) is 2. The highest BCUT2D eigenvalue weighted by molar-refractivity contribution is 6.20. The molecule has 1 aromatic heterocycles. The van der Waals surface area contributed by atoms with Gasteiger partial charge in [-0.15, -0.1) is 0 Å². The Morgan fingerprint density at radius 2 is 0.952 bits per heavy atom. The minimum Gasteiger partial charge on any atom is -0.455 e. The van der Waals surface area contributed by atoms with E-state index in [9.17, 15) is 0 Å². The third kappa shape index (κ3) is 5.25. The number of nitrogens with zero attached hydrogens (tertiary/aromatic N) is 1. The summed E-state index contributed by atoms with van der Waals surface area (Å²) >= 11 is 0. The summed E-state index contributed by atoms with van der Waals surface area (Å²) in [5, 5.41) is 9.49. The van der Waals surface area contributed by atoms with Gasteiger partial charge in [0.2, 0.25) is 0 Å². The Bertz CT molecular complexity index is 3690. The molecule has 0 unspecified atom stereocenters.